The Balaban J connectivity index is 1.77. The van der Waals surface area contributed by atoms with E-state index >= 15 is 0 Å². The molecule has 0 bridgehead atoms. The van der Waals surface area contributed by atoms with Crippen LogP contribution >= 0.6 is 0 Å². The summed E-state index contributed by atoms with van der Waals surface area (Å²) in [6, 6.07) is 4.20. The third-order valence-corrected chi connectivity index (χ3v) is 4.24. The molecule has 1 unspecified atom stereocenters. The molecular weight excluding hydrogens is 403 g/mol. The number of pyridine rings is 2. The lowest BCUT2D eigenvalue weighted by atomic mass is 10.0. The average molecular weight is 421 g/mol. The summed E-state index contributed by atoms with van der Waals surface area (Å²) in [6.07, 6.45) is -0.868. The highest BCUT2D eigenvalue weighted by molar-refractivity contribution is 5.76. The van der Waals surface area contributed by atoms with E-state index in [1.807, 2.05) is 0 Å². The fourth-order valence-corrected chi connectivity index (χ4v) is 2.68. The highest BCUT2D eigenvalue weighted by Crippen LogP contribution is 2.28. The van der Waals surface area contributed by atoms with Crippen LogP contribution in [0.4, 0.5) is 13.2 Å². The molecule has 0 aliphatic carbocycles. The van der Waals surface area contributed by atoms with Gasteiger partial charge in [-0.15, -0.1) is 0 Å². The first kappa shape index (κ1) is 21.2. The zero-order valence-electron chi connectivity index (χ0n) is 16.1. The normalized spacial score (nSPS) is 12.7. The molecule has 0 spiro atoms. The molecule has 8 nitrogen and oxygen atoms in total. The number of halogens is 3. The van der Waals surface area contributed by atoms with Crippen LogP contribution < -0.4 is 10.9 Å². The fraction of sp³-hybridized carbons (Fsp3) is 0.316. The first-order valence-electron chi connectivity index (χ1n) is 8.96. The minimum absolute atomic E-state index is 0.133. The Morgan fingerprint density at radius 1 is 1.27 bits per heavy atom. The molecule has 3 rings (SSSR count). The van der Waals surface area contributed by atoms with Crippen molar-refractivity contribution in [3.8, 4) is 11.4 Å². The molecule has 3 heterocycles. The van der Waals surface area contributed by atoms with E-state index in [0.717, 1.165) is 6.07 Å². The average Bonchev–Trinajstić information content (AvgIpc) is 3.17. The monoisotopic (exact) mass is 421 g/mol. The fourth-order valence-electron chi connectivity index (χ4n) is 2.68. The van der Waals surface area contributed by atoms with Crippen LogP contribution in [-0.4, -0.2) is 25.6 Å². The molecule has 3 aromatic heterocycles. The minimum atomic E-state index is -4.63. The Labute approximate surface area is 168 Å². The number of aromatic nitrogens is 4. The number of hydrogen-bond donors (Lipinski definition) is 1. The first-order chi connectivity index (χ1) is 14.1. The van der Waals surface area contributed by atoms with Crippen molar-refractivity contribution in [2.75, 3.05) is 0 Å². The number of nitrogens with zero attached hydrogens (tertiary/aromatic N) is 4. The molecule has 1 amide bonds. The van der Waals surface area contributed by atoms with Crippen molar-refractivity contribution in [3.05, 3.63) is 64.7 Å². The van der Waals surface area contributed by atoms with Gasteiger partial charge >= 0.3 is 6.18 Å². The van der Waals surface area contributed by atoms with Crippen LogP contribution in [0.2, 0.25) is 0 Å². The van der Waals surface area contributed by atoms with Gasteiger partial charge in [-0.1, -0.05) is 19.0 Å². The summed E-state index contributed by atoms with van der Waals surface area (Å²) in [4.78, 5) is 32.5. The lowest BCUT2D eigenvalue weighted by molar-refractivity contribution is -0.138. The van der Waals surface area contributed by atoms with Gasteiger partial charge in [0.25, 0.3) is 5.56 Å². The first-order valence-corrected chi connectivity index (χ1v) is 8.96. The van der Waals surface area contributed by atoms with E-state index in [9.17, 15) is 22.8 Å². The molecule has 11 heteroatoms. The molecule has 0 saturated heterocycles. The molecular formula is C19H18F3N5O3. The third-order valence-electron chi connectivity index (χ3n) is 4.24. The standard InChI is InChI=1S/C19H18F3N5O3/c1-11(2)16(18-25-17(26-30-18)12-4-3-7-23-8-12)24-14(28)10-27-9-13(19(20,21)22)5-6-15(27)29/h3-9,11,16H,10H2,1-2H3,(H,24,28). The Kier molecular flexibility index (Phi) is 5.99. The summed E-state index contributed by atoms with van der Waals surface area (Å²) in [5.74, 6) is -0.425. The molecule has 1 N–H and O–H groups in total. The van der Waals surface area contributed by atoms with E-state index in [1.54, 1.807) is 38.4 Å². The van der Waals surface area contributed by atoms with Gasteiger partial charge in [0.05, 0.1) is 5.56 Å². The highest BCUT2D eigenvalue weighted by Gasteiger charge is 2.31. The molecule has 1 atom stereocenters. The second-order valence-corrected chi connectivity index (χ2v) is 6.87. The molecule has 30 heavy (non-hydrogen) atoms. The Hall–Kier alpha value is -3.50. The molecule has 0 fully saturated rings. The SMILES string of the molecule is CC(C)C(NC(=O)Cn1cc(C(F)(F)F)ccc1=O)c1nc(-c2cccnc2)no1. The second kappa shape index (κ2) is 8.47. The summed E-state index contributed by atoms with van der Waals surface area (Å²) in [5, 5.41) is 6.52. The highest BCUT2D eigenvalue weighted by atomic mass is 19.4. The van der Waals surface area contributed by atoms with Crippen LogP contribution in [0.25, 0.3) is 11.4 Å². The van der Waals surface area contributed by atoms with E-state index in [4.69, 9.17) is 4.52 Å². The maximum atomic E-state index is 12.9. The number of nitrogens with one attached hydrogen (secondary N) is 1. The summed E-state index contributed by atoms with van der Waals surface area (Å²) >= 11 is 0. The van der Waals surface area contributed by atoms with E-state index in [1.165, 1.54) is 0 Å². The number of rotatable bonds is 6. The van der Waals surface area contributed by atoms with E-state index in [2.05, 4.69) is 20.4 Å². The predicted octanol–water partition coefficient (Wildman–Crippen LogP) is 2.83. The Morgan fingerprint density at radius 2 is 2.03 bits per heavy atom. The second-order valence-electron chi connectivity index (χ2n) is 6.87. The molecule has 0 radical (unpaired) electrons. The van der Waals surface area contributed by atoms with Gasteiger partial charge in [-0.25, -0.2) is 0 Å². The third kappa shape index (κ3) is 4.91. The molecule has 158 valence electrons. The van der Waals surface area contributed by atoms with Crippen molar-refractivity contribution >= 4 is 5.91 Å². The predicted molar refractivity (Wildman–Crippen MR) is 99.0 cm³/mol. The number of amides is 1. The molecule has 3 aromatic rings. The van der Waals surface area contributed by atoms with Gasteiger partial charge in [-0.2, -0.15) is 18.2 Å². The van der Waals surface area contributed by atoms with E-state index < -0.39 is 35.8 Å². The molecule has 0 saturated carbocycles. The van der Waals surface area contributed by atoms with Crippen molar-refractivity contribution < 1.29 is 22.5 Å². The quantitative estimate of drug-likeness (QED) is 0.657. The molecule has 0 aromatic carbocycles. The largest absolute Gasteiger partial charge is 0.417 e. The summed E-state index contributed by atoms with van der Waals surface area (Å²) in [7, 11) is 0. The smallest absolute Gasteiger partial charge is 0.342 e. The maximum Gasteiger partial charge on any atom is 0.417 e. The van der Waals surface area contributed by atoms with Gasteiger partial charge in [0.15, 0.2) is 0 Å². The van der Waals surface area contributed by atoms with Crippen LogP contribution in [0, 0.1) is 5.92 Å². The lowest BCUT2D eigenvalue weighted by Crippen LogP contribution is -2.36. The number of hydrogen-bond acceptors (Lipinski definition) is 6. The van der Waals surface area contributed by atoms with Crippen LogP contribution in [0.5, 0.6) is 0 Å². The zero-order chi connectivity index (χ0) is 21.9. The minimum Gasteiger partial charge on any atom is -0.342 e. The topological polar surface area (TPSA) is 103 Å². The lowest BCUT2D eigenvalue weighted by Gasteiger charge is -2.19. The van der Waals surface area contributed by atoms with Crippen molar-refractivity contribution in [1.82, 2.24) is 25.0 Å². The summed E-state index contributed by atoms with van der Waals surface area (Å²) in [6.45, 7) is 3.01. The molecule has 0 aliphatic rings. The van der Waals surface area contributed by atoms with Crippen molar-refractivity contribution in [2.45, 2.75) is 32.6 Å². The van der Waals surface area contributed by atoms with E-state index in [0.29, 0.717) is 22.4 Å². The van der Waals surface area contributed by atoms with Gasteiger partial charge in [0.1, 0.15) is 12.6 Å². The van der Waals surface area contributed by atoms with Gasteiger partial charge < -0.3 is 14.4 Å². The van der Waals surface area contributed by atoms with Gasteiger partial charge in [0, 0.05) is 30.2 Å². The zero-order valence-corrected chi connectivity index (χ0v) is 16.1. The van der Waals surface area contributed by atoms with Crippen LogP contribution in [-0.2, 0) is 17.5 Å². The van der Waals surface area contributed by atoms with Gasteiger partial charge in [0.2, 0.25) is 17.6 Å². The van der Waals surface area contributed by atoms with Crippen molar-refractivity contribution in [2.24, 2.45) is 5.92 Å². The maximum absolute atomic E-state index is 12.9. The van der Waals surface area contributed by atoms with Gasteiger partial charge in [-0.05, 0) is 24.1 Å². The molecule has 0 aliphatic heterocycles. The summed E-state index contributed by atoms with van der Waals surface area (Å²) in [5.41, 5.74) is -1.12. The van der Waals surface area contributed by atoms with Crippen LogP contribution in [0.3, 0.4) is 0 Å². The van der Waals surface area contributed by atoms with Crippen LogP contribution in [0.15, 0.2) is 52.2 Å². The number of alkyl halides is 3. The van der Waals surface area contributed by atoms with Crippen LogP contribution in [0.1, 0.15) is 31.3 Å². The summed E-state index contributed by atoms with van der Waals surface area (Å²) < 4.78 is 44.6. The Morgan fingerprint density at radius 3 is 2.67 bits per heavy atom. The number of carbonyl (C=O) groups excluding carboxylic acids is 1. The number of carbonyl (C=O) groups is 1. The van der Waals surface area contributed by atoms with Gasteiger partial charge in [-0.3, -0.25) is 14.6 Å². The Bertz CT molecular complexity index is 1080. The van der Waals surface area contributed by atoms with Crippen molar-refractivity contribution in [3.63, 3.8) is 0 Å². The van der Waals surface area contributed by atoms with Crippen molar-refractivity contribution in [1.29, 1.82) is 0 Å². The van der Waals surface area contributed by atoms with E-state index in [-0.39, 0.29) is 17.6 Å².